The number of morpholine rings is 1. The Balaban J connectivity index is 1.30. The fraction of sp³-hybridized carbons (Fsp3) is 0.500. The van der Waals surface area contributed by atoms with Crippen molar-refractivity contribution in [3.63, 3.8) is 0 Å². The second-order valence-electron chi connectivity index (χ2n) is 13.2. The third-order valence-corrected chi connectivity index (χ3v) is 10.9. The van der Waals surface area contributed by atoms with Gasteiger partial charge in [-0.1, -0.05) is 29.3 Å². The molecule has 16 heteroatoms. The van der Waals surface area contributed by atoms with E-state index >= 15 is 0 Å². The van der Waals surface area contributed by atoms with Crippen LogP contribution in [0.15, 0.2) is 48.8 Å². The molecule has 2 heterocycles. The molecule has 1 atom stereocenters. The lowest BCUT2D eigenvalue weighted by molar-refractivity contribution is -0.0515. The molecule has 1 aromatic heterocycles. The Kier molecular flexibility index (Phi) is 12.6. The third kappa shape index (κ3) is 10.6. The van der Waals surface area contributed by atoms with E-state index in [9.17, 15) is 22.0 Å². The van der Waals surface area contributed by atoms with E-state index in [4.69, 9.17) is 46.9 Å². The van der Waals surface area contributed by atoms with Crippen molar-refractivity contribution in [2.45, 2.75) is 44.8 Å². The van der Waals surface area contributed by atoms with E-state index in [0.717, 1.165) is 31.9 Å². The number of nitrogens with zero attached hydrogens (tertiary/aromatic N) is 3. The van der Waals surface area contributed by atoms with Gasteiger partial charge in [-0.05, 0) is 79.0 Å². The monoisotopic (exact) mass is 783 g/mol. The van der Waals surface area contributed by atoms with Crippen LogP contribution in [0.1, 0.15) is 53.3 Å². The number of anilines is 1. The van der Waals surface area contributed by atoms with Gasteiger partial charge in [0.05, 0.1) is 54.0 Å². The summed E-state index contributed by atoms with van der Waals surface area (Å²) >= 11 is 12.9. The molecule has 1 aliphatic heterocycles. The minimum absolute atomic E-state index is 0.00948. The van der Waals surface area contributed by atoms with Crippen molar-refractivity contribution in [3.05, 3.63) is 75.5 Å². The molecule has 2 aliphatic carbocycles. The molecule has 0 amide bonds. The fourth-order valence-electron chi connectivity index (χ4n) is 5.74. The van der Waals surface area contributed by atoms with Gasteiger partial charge in [0.1, 0.15) is 11.9 Å². The summed E-state index contributed by atoms with van der Waals surface area (Å²) < 4.78 is 82.4. The summed E-state index contributed by atoms with van der Waals surface area (Å²) in [5.41, 5.74) is 1.29. The van der Waals surface area contributed by atoms with Crippen LogP contribution in [0.5, 0.6) is 17.2 Å². The number of hydrogen-bond acceptors (Lipinski definition) is 10. The van der Waals surface area contributed by atoms with Crippen molar-refractivity contribution < 1.29 is 45.7 Å². The minimum Gasteiger partial charge on any atom is -0.491 e. The lowest BCUT2D eigenvalue weighted by atomic mass is 10.0. The first-order valence-corrected chi connectivity index (χ1v) is 19.8. The third-order valence-electron chi connectivity index (χ3n) is 9.08. The lowest BCUT2D eigenvalue weighted by Gasteiger charge is -2.30. The molecule has 0 radical (unpaired) electrons. The number of hydrogen-bond donors (Lipinski definition) is 0. The quantitative estimate of drug-likeness (QED) is 0.128. The van der Waals surface area contributed by atoms with Gasteiger partial charge in [-0.15, -0.1) is 0 Å². The molecule has 3 aromatic rings. The van der Waals surface area contributed by atoms with E-state index in [1.807, 2.05) is 0 Å². The molecule has 6 rings (SSSR count). The number of benzene rings is 2. The zero-order valence-electron chi connectivity index (χ0n) is 28.6. The van der Waals surface area contributed by atoms with Crippen LogP contribution >= 0.6 is 23.2 Å². The molecule has 11 nitrogen and oxygen atoms in total. The predicted octanol–water partition coefficient (Wildman–Crippen LogP) is 6.81. The number of ether oxygens (including phenoxy) is 5. The molecule has 1 saturated heterocycles. The molecule has 282 valence electrons. The highest BCUT2D eigenvalue weighted by molar-refractivity contribution is 7.92. The molecule has 2 aromatic carbocycles. The maximum atomic E-state index is 14.0. The van der Waals surface area contributed by atoms with Crippen molar-refractivity contribution in [1.29, 1.82) is 0 Å². The van der Waals surface area contributed by atoms with Crippen molar-refractivity contribution >= 4 is 44.9 Å². The summed E-state index contributed by atoms with van der Waals surface area (Å²) in [6, 6.07) is 8.88. The van der Waals surface area contributed by atoms with Crippen LogP contribution in [0, 0.1) is 11.8 Å². The first-order chi connectivity index (χ1) is 24.9. The van der Waals surface area contributed by atoms with Gasteiger partial charge in [-0.25, -0.2) is 13.2 Å². The number of aromatic nitrogens is 1. The maximum Gasteiger partial charge on any atom is 0.387 e. The molecule has 3 fully saturated rings. The van der Waals surface area contributed by atoms with Gasteiger partial charge >= 0.3 is 12.6 Å². The minimum atomic E-state index is -3.74. The summed E-state index contributed by atoms with van der Waals surface area (Å²) in [6.07, 6.45) is 6.91. The van der Waals surface area contributed by atoms with Gasteiger partial charge in [0.25, 0.3) is 0 Å². The molecular weight excluding hydrogens is 743 g/mol. The molecule has 2 saturated carbocycles. The fourth-order valence-corrected chi connectivity index (χ4v) is 7.18. The normalized spacial score (nSPS) is 17.1. The van der Waals surface area contributed by atoms with Gasteiger partial charge < -0.3 is 23.7 Å². The highest BCUT2D eigenvalue weighted by Gasteiger charge is 2.29. The molecule has 0 N–H and O–H groups in total. The first-order valence-electron chi connectivity index (χ1n) is 17.2. The Labute approximate surface area is 312 Å². The average molecular weight is 785 g/mol. The van der Waals surface area contributed by atoms with Gasteiger partial charge in [-0.2, -0.15) is 8.78 Å². The Morgan fingerprint density at radius 2 is 1.62 bits per heavy atom. The number of carbonyl (C=O) groups excluding carboxylic acids is 1. The van der Waals surface area contributed by atoms with Crippen LogP contribution in [0.3, 0.4) is 0 Å². The van der Waals surface area contributed by atoms with E-state index in [-0.39, 0.29) is 45.8 Å². The van der Waals surface area contributed by atoms with Crippen LogP contribution < -0.4 is 18.5 Å². The standard InChI is InChI=1S/C36H41Cl2F2N3O8S/c1-52(45,46)43(11-10-42-12-14-47-15-13-42)30-8-6-26(17-33(30)48-21-23-2-3-23)35(44)50-32(18-27-28(37)19-41-20-29(27)38)25-7-9-31(51-36(39)40)34(16-25)49-22-24-4-5-24/h6-9,16-17,19-20,23-24,32,36H,2-5,10-15,18,21-22H2,1H3/t32-/m0/s1. The van der Waals surface area contributed by atoms with Gasteiger partial charge in [0.2, 0.25) is 10.0 Å². The Morgan fingerprint density at radius 3 is 2.23 bits per heavy atom. The molecule has 0 unspecified atom stereocenters. The topological polar surface area (TPSA) is 117 Å². The van der Waals surface area contributed by atoms with Crippen molar-refractivity contribution in [2.24, 2.45) is 11.8 Å². The molecule has 0 spiro atoms. The maximum absolute atomic E-state index is 14.0. The predicted molar refractivity (Wildman–Crippen MR) is 192 cm³/mol. The smallest absolute Gasteiger partial charge is 0.387 e. The van der Waals surface area contributed by atoms with E-state index in [2.05, 4.69) is 9.88 Å². The second-order valence-corrected chi connectivity index (χ2v) is 16.0. The van der Waals surface area contributed by atoms with Gasteiger partial charge in [0, 0.05) is 45.0 Å². The Bertz CT molecular complexity index is 1800. The van der Waals surface area contributed by atoms with E-state index in [0.29, 0.717) is 74.7 Å². The largest absolute Gasteiger partial charge is 0.491 e. The van der Waals surface area contributed by atoms with Crippen LogP contribution in [0.4, 0.5) is 14.5 Å². The molecule has 52 heavy (non-hydrogen) atoms. The van der Waals surface area contributed by atoms with Crippen molar-refractivity contribution in [2.75, 3.05) is 63.2 Å². The number of esters is 1. The molecular formula is C36H41Cl2F2N3O8S. The molecule has 0 bridgehead atoms. The van der Waals surface area contributed by atoms with Crippen LogP contribution in [0.25, 0.3) is 0 Å². The van der Waals surface area contributed by atoms with E-state index in [1.165, 1.54) is 47.0 Å². The summed E-state index contributed by atoms with van der Waals surface area (Å²) in [5.74, 6) is 0.0771. The SMILES string of the molecule is CS(=O)(=O)N(CCN1CCOCC1)c1ccc(C(=O)O[C@@H](Cc2c(Cl)cncc2Cl)c2ccc(OC(F)F)c(OCC3CC3)c2)cc1OCC1CC1. The van der Waals surface area contributed by atoms with Crippen molar-refractivity contribution in [3.8, 4) is 17.2 Å². The Hall–Kier alpha value is -3.43. The van der Waals surface area contributed by atoms with E-state index in [1.54, 1.807) is 6.07 Å². The van der Waals surface area contributed by atoms with E-state index < -0.39 is 28.7 Å². The van der Waals surface area contributed by atoms with Gasteiger partial charge in [-0.3, -0.25) is 14.2 Å². The highest BCUT2D eigenvalue weighted by atomic mass is 35.5. The number of sulfonamides is 1. The second kappa shape index (κ2) is 17.1. The average Bonchev–Trinajstić information content (AvgIpc) is 4.04. The van der Waals surface area contributed by atoms with Crippen LogP contribution in [-0.4, -0.2) is 89.7 Å². The lowest BCUT2D eigenvalue weighted by Crippen LogP contribution is -2.43. The first kappa shape index (κ1) is 38.3. The van der Waals surface area contributed by atoms with Crippen molar-refractivity contribution in [1.82, 2.24) is 9.88 Å². The number of pyridine rings is 1. The van der Waals surface area contributed by atoms with Crippen LogP contribution in [-0.2, 0) is 25.9 Å². The number of rotatable bonds is 18. The number of carbonyl (C=O) groups is 1. The number of halogens is 4. The summed E-state index contributed by atoms with van der Waals surface area (Å²) in [4.78, 5) is 20.1. The summed E-state index contributed by atoms with van der Waals surface area (Å²) in [5, 5.41) is 0.490. The Morgan fingerprint density at radius 1 is 0.962 bits per heavy atom. The zero-order chi connectivity index (χ0) is 36.8. The highest BCUT2D eigenvalue weighted by Crippen LogP contribution is 2.39. The van der Waals surface area contributed by atoms with Crippen LogP contribution in [0.2, 0.25) is 10.0 Å². The number of alkyl halides is 2. The molecule has 3 aliphatic rings. The van der Waals surface area contributed by atoms with Gasteiger partial charge in [0.15, 0.2) is 11.5 Å². The summed E-state index contributed by atoms with van der Waals surface area (Å²) in [6.45, 7) is 0.818. The zero-order valence-corrected chi connectivity index (χ0v) is 31.0. The summed E-state index contributed by atoms with van der Waals surface area (Å²) in [7, 11) is -3.74.